The van der Waals surface area contributed by atoms with Crippen LogP contribution in [-0.2, 0) is 9.59 Å². The van der Waals surface area contributed by atoms with Crippen LogP contribution >= 0.6 is 11.6 Å². The second-order valence-electron chi connectivity index (χ2n) is 10.7. The van der Waals surface area contributed by atoms with Crippen LogP contribution < -0.4 is 10.2 Å². The molecule has 204 valence electrons. The molecule has 2 fully saturated rings. The van der Waals surface area contributed by atoms with Crippen LogP contribution in [0.3, 0.4) is 0 Å². The highest BCUT2D eigenvalue weighted by Crippen LogP contribution is 2.42. The van der Waals surface area contributed by atoms with Gasteiger partial charge >= 0.3 is 0 Å². The van der Waals surface area contributed by atoms with Gasteiger partial charge in [0.1, 0.15) is 12.1 Å². The van der Waals surface area contributed by atoms with E-state index in [4.69, 9.17) is 11.6 Å². The molecular formula is C28H37ClN6O3. The number of amides is 2. The first-order valence-corrected chi connectivity index (χ1v) is 14.0. The molecule has 0 spiro atoms. The Kier molecular flexibility index (Phi) is 8.16. The Morgan fingerprint density at radius 3 is 2.47 bits per heavy atom. The van der Waals surface area contributed by atoms with Crippen molar-refractivity contribution in [2.45, 2.75) is 57.1 Å². The lowest BCUT2D eigenvalue weighted by Crippen LogP contribution is -2.53. The van der Waals surface area contributed by atoms with Gasteiger partial charge in [-0.15, -0.1) is 0 Å². The van der Waals surface area contributed by atoms with E-state index < -0.39 is 12.0 Å². The molecule has 0 unspecified atom stereocenters. The summed E-state index contributed by atoms with van der Waals surface area (Å²) in [6.45, 7) is 8.22. The molecule has 2 N–H and O–H groups in total. The van der Waals surface area contributed by atoms with Crippen LogP contribution in [-0.4, -0.2) is 88.5 Å². The highest BCUT2D eigenvalue weighted by molar-refractivity contribution is 6.30. The number of nitrogens with zero attached hydrogens (tertiary/aromatic N) is 5. The predicted octanol–water partition coefficient (Wildman–Crippen LogP) is 2.70. The Hall–Kier alpha value is -2.75. The number of fused-ring (bicyclic) bond motifs is 1. The van der Waals surface area contributed by atoms with Crippen LogP contribution in [0.4, 0.5) is 5.82 Å². The minimum atomic E-state index is -0.547. The van der Waals surface area contributed by atoms with Crippen molar-refractivity contribution >= 4 is 29.2 Å². The van der Waals surface area contributed by atoms with E-state index in [1.807, 2.05) is 34.1 Å². The number of anilines is 1. The molecule has 2 amide bonds. The molecule has 2 aliphatic heterocycles. The molecule has 0 saturated carbocycles. The number of piperidine rings is 1. The minimum Gasteiger partial charge on any atom is -0.387 e. The molecule has 3 atom stereocenters. The fourth-order valence-electron chi connectivity index (χ4n) is 6.18. The van der Waals surface area contributed by atoms with Crippen LogP contribution in [0.25, 0.3) is 0 Å². The lowest BCUT2D eigenvalue weighted by atomic mass is 9.94. The van der Waals surface area contributed by atoms with Gasteiger partial charge in [0.15, 0.2) is 0 Å². The van der Waals surface area contributed by atoms with Crippen molar-refractivity contribution in [1.82, 2.24) is 25.1 Å². The van der Waals surface area contributed by atoms with Crippen LogP contribution in [0.15, 0.2) is 30.6 Å². The Morgan fingerprint density at radius 2 is 1.82 bits per heavy atom. The largest absolute Gasteiger partial charge is 0.387 e. The number of piperazine rings is 1. The normalized spacial score (nSPS) is 22.7. The number of hydrogen-bond donors (Lipinski definition) is 2. The smallest absolute Gasteiger partial charge is 0.232 e. The number of halogens is 1. The summed E-state index contributed by atoms with van der Waals surface area (Å²) in [5.41, 5.74) is 2.63. The van der Waals surface area contributed by atoms with Crippen molar-refractivity contribution in [2.75, 3.05) is 50.7 Å². The van der Waals surface area contributed by atoms with Crippen molar-refractivity contribution in [3.63, 3.8) is 0 Å². The van der Waals surface area contributed by atoms with Crippen molar-refractivity contribution < 1.29 is 14.7 Å². The average Bonchev–Trinajstić information content (AvgIpc) is 3.23. The molecule has 38 heavy (non-hydrogen) atoms. The topological polar surface area (TPSA) is 102 Å². The molecule has 2 saturated heterocycles. The highest BCUT2D eigenvalue weighted by atomic mass is 35.5. The zero-order chi connectivity index (χ0) is 26.8. The number of nitrogens with one attached hydrogen (secondary N) is 1. The zero-order valence-corrected chi connectivity index (χ0v) is 22.9. The number of rotatable bonds is 6. The van der Waals surface area contributed by atoms with Crippen LogP contribution in [0.1, 0.15) is 67.9 Å². The minimum absolute atomic E-state index is 0.00223. The Labute approximate surface area is 229 Å². The molecule has 9 nitrogen and oxygen atoms in total. The summed E-state index contributed by atoms with van der Waals surface area (Å²) >= 11 is 6.16. The second kappa shape index (κ2) is 11.6. The highest BCUT2D eigenvalue weighted by Gasteiger charge is 2.36. The van der Waals surface area contributed by atoms with E-state index in [0.717, 1.165) is 48.6 Å². The predicted molar refractivity (Wildman–Crippen MR) is 146 cm³/mol. The first kappa shape index (κ1) is 26.8. The Morgan fingerprint density at radius 1 is 1.13 bits per heavy atom. The van der Waals surface area contributed by atoms with Gasteiger partial charge in [-0.1, -0.05) is 30.7 Å². The van der Waals surface area contributed by atoms with Crippen LogP contribution in [0.2, 0.25) is 5.02 Å². The quantitative estimate of drug-likeness (QED) is 0.581. The third-order valence-electron chi connectivity index (χ3n) is 8.27. The van der Waals surface area contributed by atoms with Crippen LogP contribution in [0.5, 0.6) is 0 Å². The maximum absolute atomic E-state index is 14.0. The Balaban J connectivity index is 1.33. The zero-order valence-electron chi connectivity index (χ0n) is 22.1. The van der Waals surface area contributed by atoms with Gasteiger partial charge in [-0.25, -0.2) is 9.97 Å². The van der Waals surface area contributed by atoms with E-state index in [1.165, 1.54) is 6.33 Å². The summed E-state index contributed by atoms with van der Waals surface area (Å²) in [6.07, 6.45) is 3.41. The van der Waals surface area contributed by atoms with Gasteiger partial charge in [0.2, 0.25) is 11.8 Å². The van der Waals surface area contributed by atoms with Crippen molar-refractivity contribution in [2.24, 2.45) is 0 Å². The first-order valence-electron chi connectivity index (χ1n) is 13.6. The number of aliphatic hydroxyl groups is 1. The maximum atomic E-state index is 14.0. The molecule has 1 aromatic carbocycles. The Bertz CT molecular complexity index is 1150. The number of carbonyl (C=O) groups is 2. The molecule has 1 aliphatic carbocycles. The summed E-state index contributed by atoms with van der Waals surface area (Å²) in [4.78, 5) is 41.7. The summed E-state index contributed by atoms with van der Waals surface area (Å²) in [6, 6.07) is 7.55. The summed E-state index contributed by atoms with van der Waals surface area (Å²) in [5.74, 6) is 0.633. The summed E-state index contributed by atoms with van der Waals surface area (Å²) in [7, 11) is 0. The van der Waals surface area contributed by atoms with Gasteiger partial charge in [0.25, 0.3) is 0 Å². The van der Waals surface area contributed by atoms with Gasteiger partial charge in [-0.3, -0.25) is 9.59 Å². The fraction of sp³-hybridized carbons (Fsp3) is 0.571. The molecule has 3 heterocycles. The number of hydrogen-bond acceptors (Lipinski definition) is 7. The van der Waals surface area contributed by atoms with Gasteiger partial charge < -0.3 is 25.1 Å². The third kappa shape index (κ3) is 5.51. The molecular weight excluding hydrogens is 504 g/mol. The van der Waals surface area contributed by atoms with E-state index in [0.29, 0.717) is 44.2 Å². The maximum Gasteiger partial charge on any atom is 0.232 e. The standard InChI is InChI=1S/C28H37ClN6O3/c1-18-15-24(37)26-25(18)27(32-17-31-26)33-11-13-34(14-12-33)28(38)23(20-3-5-21(29)6-4-20)16-35(19(2)36)22-7-9-30-10-8-22/h3-6,17-18,22-24,30,37H,7-16H2,1-2H3/t18-,23-,24-/m1/s1. The number of carbonyl (C=O) groups excluding carboxylic acids is 2. The molecule has 3 aliphatic rings. The summed E-state index contributed by atoms with van der Waals surface area (Å²) in [5, 5.41) is 14.4. The molecule has 2 aromatic rings. The fourth-order valence-corrected chi connectivity index (χ4v) is 6.31. The molecule has 1 aromatic heterocycles. The molecule has 0 bridgehead atoms. The third-order valence-corrected chi connectivity index (χ3v) is 8.53. The van der Waals surface area contributed by atoms with Gasteiger partial charge in [0, 0.05) is 56.3 Å². The van der Waals surface area contributed by atoms with E-state index in [1.54, 1.807) is 6.92 Å². The van der Waals surface area contributed by atoms with Crippen LogP contribution in [0, 0.1) is 0 Å². The summed E-state index contributed by atoms with van der Waals surface area (Å²) < 4.78 is 0. The van der Waals surface area contributed by atoms with Crippen molar-refractivity contribution in [1.29, 1.82) is 0 Å². The van der Waals surface area contributed by atoms with E-state index in [9.17, 15) is 14.7 Å². The second-order valence-corrected chi connectivity index (χ2v) is 11.2. The van der Waals surface area contributed by atoms with Gasteiger partial charge in [0.05, 0.1) is 17.7 Å². The molecule has 5 rings (SSSR count). The average molecular weight is 541 g/mol. The molecule has 10 heteroatoms. The lowest BCUT2D eigenvalue weighted by molar-refractivity contribution is -0.136. The van der Waals surface area contributed by atoms with Gasteiger partial charge in [-0.05, 0) is 56.0 Å². The van der Waals surface area contributed by atoms with Gasteiger partial charge in [-0.2, -0.15) is 0 Å². The van der Waals surface area contributed by atoms with Crippen molar-refractivity contribution in [3.05, 3.63) is 52.4 Å². The number of aromatic nitrogens is 2. The number of benzene rings is 1. The monoisotopic (exact) mass is 540 g/mol. The lowest BCUT2D eigenvalue weighted by Gasteiger charge is -2.40. The van der Waals surface area contributed by atoms with Crippen molar-refractivity contribution in [3.8, 4) is 0 Å². The first-order chi connectivity index (χ1) is 18.3. The van der Waals surface area contributed by atoms with E-state index in [-0.39, 0.29) is 23.8 Å². The van der Waals surface area contributed by atoms with E-state index in [2.05, 4.69) is 27.1 Å². The van der Waals surface area contributed by atoms with E-state index >= 15 is 0 Å². The number of aliphatic hydroxyl groups excluding tert-OH is 1. The molecule has 0 radical (unpaired) electrons. The SMILES string of the molecule is CC(=O)N(C[C@@H](C(=O)N1CCN(c2ncnc3c2[C@H](C)C[C@H]3O)CC1)c1ccc(Cl)cc1)C1CCNCC1.